The zero-order valence-electron chi connectivity index (χ0n) is 21.4. The van der Waals surface area contributed by atoms with Crippen LogP contribution in [0.5, 0.6) is 5.88 Å². The van der Waals surface area contributed by atoms with Gasteiger partial charge in [-0.25, -0.2) is 0 Å². The Balaban J connectivity index is 1.51. The Labute approximate surface area is 207 Å². The van der Waals surface area contributed by atoms with Crippen LogP contribution in [0.25, 0.3) is 5.65 Å². The number of anilines is 1. The highest BCUT2D eigenvalue weighted by atomic mass is 16.5. The van der Waals surface area contributed by atoms with Crippen LogP contribution in [0.3, 0.4) is 0 Å². The third-order valence-corrected chi connectivity index (χ3v) is 6.29. The second-order valence-corrected chi connectivity index (χ2v) is 10.6. The van der Waals surface area contributed by atoms with Crippen LogP contribution in [0.15, 0.2) is 30.3 Å². The maximum absolute atomic E-state index is 13.3. The molecule has 0 bridgehead atoms. The Hall–Kier alpha value is -3.00. The number of hydrogen-bond acceptors (Lipinski definition) is 6. The highest BCUT2D eigenvalue weighted by Gasteiger charge is 2.24. The zero-order valence-corrected chi connectivity index (χ0v) is 21.4. The number of ether oxygens (including phenoxy) is 2. The van der Waals surface area contributed by atoms with E-state index in [-0.39, 0.29) is 23.7 Å². The predicted octanol–water partition coefficient (Wildman–Crippen LogP) is 4.28. The van der Waals surface area contributed by atoms with E-state index in [2.05, 4.69) is 44.0 Å². The maximum Gasteiger partial charge on any atom is 0.401 e. The molecule has 8 heteroatoms. The fourth-order valence-electron chi connectivity index (χ4n) is 3.87. The molecule has 2 aromatic heterocycles. The minimum atomic E-state index is -0.0890. The number of nitrogen functional groups attached to an aromatic ring is 1. The summed E-state index contributed by atoms with van der Waals surface area (Å²) in [6, 6.07) is 9.62. The maximum atomic E-state index is 13.3. The third-order valence-electron chi connectivity index (χ3n) is 6.29. The standard InChI is InChI=1S/C27H37N5O3/c1-5-6-7-12-35-25-11-10-24-29-31(26(28)32(24)30-25)16-23(33)21-13-20(18-34-17-19-8-9-19)14-22(15-21)27(2,3)4/h10-11,13-15,19,28H,5-9,12,16-18H2,1-4H3/p+1. The summed E-state index contributed by atoms with van der Waals surface area (Å²) in [6.45, 7) is 10.5. The Bertz CT molecular complexity index is 1180. The second kappa shape index (κ2) is 10.7. The smallest absolute Gasteiger partial charge is 0.401 e. The van der Waals surface area contributed by atoms with Crippen LogP contribution in [-0.2, 0) is 23.3 Å². The summed E-state index contributed by atoms with van der Waals surface area (Å²) in [5.41, 5.74) is 9.54. The Morgan fingerprint density at radius 2 is 2.00 bits per heavy atom. The molecular formula is C27H38N5O3+. The molecule has 8 nitrogen and oxygen atoms in total. The van der Waals surface area contributed by atoms with Crippen molar-refractivity contribution in [2.24, 2.45) is 5.92 Å². The molecule has 35 heavy (non-hydrogen) atoms. The number of fused-ring (bicyclic) bond motifs is 1. The van der Waals surface area contributed by atoms with Gasteiger partial charge in [0, 0.05) is 24.3 Å². The number of carbonyl (C=O) groups is 1. The van der Waals surface area contributed by atoms with Gasteiger partial charge >= 0.3 is 5.95 Å². The molecule has 1 aromatic carbocycles. The Morgan fingerprint density at radius 1 is 1.20 bits per heavy atom. The van der Waals surface area contributed by atoms with E-state index < -0.39 is 0 Å². The van der Waals surface area contributed by atoms with E-state index >= 15 is 0 Å². The molecule has 0 unspecified atom stereocenters. The SMILES string of the molecule is CCCCCOc1ccc2n[n+](CC(=O)c3cc(COCC4CC4)cc(C(C)(C)C)c3)c(N)n2n1. The average Bonchev–Trinajstić information content (AvgIpc) is 3.60. The highest BCUT2D eigenvalue weighted by molar-refractivity contribution is 5.95. The van der Waals surface area contributed by atoms with Crippen molar-refractivity contribution in [3.05, 3.63) is 47.0 Å². The molecule has 0 spiro atoms. The van der Waals surface area contributed by atoms with Crippen molar-refractivity contribution < 1.29 is 19.0 Å². The first-order chi connectivity index (χ1) is 16.7. The lowest BCUT2D eigenvalue weighted by molar-refractivity contribution is -0.723. The van der Waals surface area contributed by atoms with E-state index in [1.165, 1.54) is 22.0 Å². The van der Waals surface area contributed by atoms with E-state index in [1.807, 2.05) is 12.1 Å². The minimum Gasteiger partial charge on any atom is -0.476 e. The topological polar surface area (TPSA) is 95.6 Å². The average molecular weight is 481 g/mol. The van der Waals surface area contributed by atoms with Gasteiger partial charge in [0.15, 0.2) is 12.3 Å². The van der Waals surface area contributed by atoms with E-state index in [0.29, 0.717) is 36.2 Å². The first-order valence-electron chi connectivity index (χ1n) is 12.7. The molecule has 1 saturated carbocycles. The van der Waals surface area contributed by atoms with Gasteiger partial charge in [-0.15, -0.1) is 4.68 Å². The van der Waals surface area contributed by atoms with Crippen LogP contribution in [0.4, 0.5) is 5.95 Å². The number of ketones is 1. The van der Waals surface area contributed by atoms with Crippen LogP contribution >= 0.6 is 0 Å². The van der Waals surface area contributed by atoms with Gasteiger partial charge in [0.1, 0.15) is 0 Å². The molecule has 0 aliphatic heterocycles. The lowest BCUT2D eigenvalue weighted by Crippen LogP contribution is -2.42. The number of nitrogens with two attached hydrogens (primary N) is 1. The van der Waals surface area contributed by atoms with E-state index in [1.54, 1.807) is 12.1 Å². The molecule has 0 amide bonds. The largest absolute Gasteiger partial charge is 0.476 e. The number of nitrogens with zero attached hydrogens (tertiary/aromatic N) is 4. The number of Topliss-reactive ketones (excluding diaryl/α,β-unsaturated/α-hetero) is 1. The van der Waals surface area contributed by atoms with Crippen molar-refractivity contribution in [3.8, 4) is 5.88 Å². The molecule has 0 saturated heterocycles. The lowest BCUT2D eigenvalue weighted by Gasteiger charge is -2.21. The summed E-state index contributed by atoms with van der Waals surface area (Å²) >= 11 is 0. The molecule has 1 aliphatic rings. The van der Waals surface area contributed by atoms with Crippen molar-refractivity contribution in [3.63, 3.8) is 0 Å². The summed E-state index contributed by atoms with van der Waals surface area (Å²) in [5.74, 6) is 1.42. The fourth-order valence-corrected chi connectivity index (χ4v) is 3.87. The predicted molar refractivity (Wildman–Crippen MR) is 134 cm³/mol. The first-order valence-corrected chi connectivity index (χ1v) is 12.7. The molecule has 0 atom stereocenters. The van der Waals surface area contributed by atoms with Gasteiger partial charge in [-0.05, 0) is 53.9 Å². The van der Waals surface area contributed by atoms with Crippen LogP contribution in [0, 0.1) is 5.92 Å². The molecule has 2 heterocycles. The van der Waals surface area contributed by atoms with Crippen LogP contribution in [-0.4, -0.2) is 33.7 Å². The summed E-state index contributed by atoms with van der Waals surface area (Å²) in [5, 5.41) is 8.93. The molecule has 1 aliphatic carbocycles. The monoisotopic (exact) mass is 480 g/mol. The molecule has 188 valence electrons. The van der Waals surface area contributed by atoms with Gasteiger partial charge in [-0.2, -0.15) is 0 Å². The number of rotatable bonds is 12. The molecule has 2 N–H and O–H groups in total. The van der Waals surface area contributed by atoms with Gasteiger partial charge in [0.25, 0.3) is 5.65 Å². The zero-order chi connectivity index (χ0) is 25.0. The van der Waals surface area contributed by atoms with E-state index in [0.717, 1.165) is 37.0 Å². The molecule has 3 aromatic rings. The van der Waals surface area contributed by atoms with Gasteiger partial charge in [-0.1, -0.05) is 61.3 Å². The van der Waals surface area contributed by atoms with Crippen molar-refractivity contribution in [1.82, 2.24) is 14.7 Å². The number of unbranched alkanes of at least 4 members (excludes halogenated alkanes) is 2. The van der Waals surface area contributed by atoms with Gasteiger partial charge < -0.3 is 9.47 Å². The molecular weight excluding hydrogens is 442 g/mol. The van der Waals surface area contributed by atoms with Crippen LogP contribution in [0.2, 0.25) is 0 Å². The highest BCUT2D eigenvalue weighted by Crippen LogP contribution is 2.30. The van der Waals surface area contributed by atoms with E-state index in [4.69, 9.17) is 15.2 Å². The number of benzene rings is 1. The van der Waals surface area contributed by atoms with Gasteiger partial charge in [0.05, 0.1) is 13.2 Å². The van der Waals surface area contributed by atoms with Gasteiger partial charge in [0.2, 0.25) is 5.88 Å². The second-order valence-electron chi connectivity index (χ2n) is 10.6. The third kappa shape index (κ3) is 6.57. The van der Waals surface area contributed by atoms with Gasteiger partial charge in [-0.3, -0.25) is 10.5 Å². The quantitative estimate of drug-likeness (QED) is 0.236. The van der Waals surface area contributed by atoms with Crippen LogP contribution < -0.4 is 15.2 Å². The molecule has 0 radical (unpaired) electrons. The van der Waals surface area contributed by atoms with Crippen molar-refractivity contribution >= 4 is 17.4 Å². The molecule has 1 fully saturated rings. The number of aromatic nitrogens is 4. The summed E-state index contributed by atoms with van der Waals surface area (Å²) in [7, 11) is 0. The first kappa shape index (κ1) is 25.1. The number of hydrogen-bond donors (Lipinski definition) is 1. The number of carbonyl (C=O) groups excluding carboxylic acids is 1. The molecule has 4 rings (SSSR count). The normalized spacial score (nSPS) is 13.9. The lowest BCUT2D eigenvalue weighted by atomic mass is 9.84. The fraction of sp³-hybridized carbons (Fsp3) is 0.556. The Kier molecular flexibility index (Phi) is 7.69. The van der Waals surface area contributed by atoms with Crippen LogP contribution in [0.1, 0.15) is 81.3 Å². The van der Waals surface area contributed by atoms with Crippen molar-refractivity contribution in [2.45, 2.75) is 78.4 Å². The van der Waals surface area contributed by atoms with E-state index in [9.17, 15) is 4.79 Å². The Morgan fingerprint density at radius 3 is 2.71 bits per heavy atom. The van der Waals surface area contributed by atoms with Crippen molar-refractivity contribution in [1.29, 1.82) is 0 Å². The summed E-state index contributed by atoms with van der Waals surface area (Å²) < 4.78 is 14.7. The summed E-state index contributed by atoms with van der Waals surface area (Å²) in [4.78, 5) is 13.3. The van der Waals surface area contributed by atoms with Crippen molar-refractivity contribution in [2.75, 3.05) is 18.9 Å². The minimum absolute atomic E-state index is 0.0256. The summed E-state index contributed by atoms with van der Waals surface area (Å²) in [6.07, 6.45) is 5.73.